The minimum absolute atomic E-state index is 0.0119. The molecule has 11 heteroatoms. The van der Waals surface area contributed by atoms with E-state index in [2.05, 4.69) is 25.7 Å². The van der Waals surface area contributed by atoms with Gasteiger partial charge >= 0.3 is 0 Å². The van der Waals surface area contributed by atoms with Crippen LogP contribution < -0.4 is 9.46 Å². The Morgan fingerprint density at radius 1 is 1.00 bits per heavy atom. The van der Waals surface area contributed by atoms with Crippen LogP contribution in [0.4, 0.5) is 5.69 Å². The van der Waals surface area contributed by atoms with Gasteiger partial charge in [-0.3, -0.25) is 9.52 Å². The van der Waals surface area contributed by atoms with Crippen molar-refractivity contribution in [3.63, 3.8) is 0 Å². The van der Waals surface area contributed by atoms with Crippen molar-refractivity contribution in [2.45, 2.75) is 17.7 Å². The van der Waals surface area contributed by atoms with Crippen molar-refractivity contribution in [2.75, 3.05) is 11.8 Å². The molecule has 5 aromatic rings. The molecule has 0 saturated heterocycles. The van der Waals surface area contributed by atoms with Gasteiger partial charge in [0, 0.05) is 44.4 Å². The van der Waals surface area contributed by atoms with E-state index in [1.54, 1.807) is 35.7 Å². The number of pyridine rings is 1. The number of nitrogens with zero attached hydrogens (tertiary/aromatic N) is 3. The second kappa shape index (κ2) is 8.77. The molecule has 0 aliphatic carbocycles. The number of carbonyl (C=O) groups is 1. The summed E-state index contributed by atoms with van der Waals surface area (Å²) in [5.74, 6) is 0.00744. The highest BCUT2D eigenvalue weighted by atomic mass is 32.2. The van der Waals surface area contributed by atoms with E-state index in [1.807, 2.05) is 11.4 Å². The molecule has 6 rings (SSSR count). The lowest BCUT2D eigenvalue weighted by Crippen LogP contribution is -2.15. The van der Waals surface area contributed by atoms with Crippen LogP contribution in [-0.2, 0) is 16.4 Å². The van der Waals surface area contributed by atoms with Crippen LogP contribution in [0.15, 0.2) is 65.3 Å². The van der Waals surface area contributed by atoms with Crippen LogP contribution in [0.5, 0.6) is 5.88 Å². The molecule has 1 aliphatic rings. The van der Waals surface area contributed by atoms with E-state index in [9.17, 15) is 13.2 Å². The summed E-state index contributed by atoms with van der Waals surface area (Å²) in [6, 6.07) is 11.7. The number of nitrogens with one attached hydrogen (secondary N) is 1. The topological polar surface area (TPSA) is 111 Å². The van der Waals surface area contributed by atoms with E-state index >= 15 is 0 Å². The molecule has 1 aromatic carbocycles. The highest BCUT2D eigenvalue weighted by Gasteiger charge is 2.21. The lowest BCUT2D eigenvalue weighted by molar-refractivity contribution is 0.0983. The maximum absolute atomic E-state index is 13.3. The van der Waals surface area contributed by atoms with Crippen LogP contribution >= 0.6 is 22.7 Å². The first-order valence-corrected chi connectivity index (χ1v) is 14.1. The van der Waals surface area contributed by atoms with E-state index in [0.717, 1.165) is 31.2 Å². The Bertz CT molecular complexity index is 1760. The van der Waals surface area contributed by atoms with E-state index in [1.165, 1.54) is 36.9 Å². The third-order valence-corrected chi connectivity index (χ3v) is 9.42. The number of ether oxygens (including phenoxy) is 1. The maximum Gasteiger partial charge on any atom is 0.262 e. The fraction of sp³-hybridized carbons (Fsp3) is 0.120. The largest absolute Gasteiger partial charge is 0.480 e. The molecule has 36 heavy (non-hydrogen) atoms. The predicted molar refractivity (Wildman–Crippen MR) is 140 cm³/mol. The molecule has 4 aromatic heterocycles. The number of fused-ring (bicyclic) bond motifs is 9. The molecule has 180 valence electrons. The van der Waals surface area contributed by atoms with Crippen LogP contribution in [0.1, 0.15) is 21.7 Å². The molecule has 8 nitrogen and oxygen atoms in total. The average Bonchev–Trinajstić information content (AvgIpc) is 3.54. The van der Waals surface area contributed by atoms with Crippen LogP contribution in [0.2, 0.25) is 0 Å². The number of anilines is 1. The van der Waals surface area contributed by atoms with Gasteiger partial charge in [-0.05, 0) is 36.8 Å². The lowest BCUT2D eigenvalue weighted by atomic mass is 10.1. The van der Waals surface area contributed by atoms with Crippen molar-refractivity contribution < 1.29 is 17.9 Å². The van der Waals surface area contributed by atoms with Gasteiger partial charge in [-0.15, -0.1) is 22.7 Å². The summed E-state index contributed by atoms with van der Waals surface area (Å²) in [6.07, 6.45) is 3.99. The molecular formula is C25H18N4O4S3. The van der Waals surface area contributed by atoms with Gasteiger partial charge in [-0.2, -0.15) is 0 Å². The Labute approximate surface area is 214 Å². The van der Waals surface area contributed by atoms with E-state index in [-0.39, 0.29) is 28.7 Å². The zero-order chi connectivity index (χ0) is 24.9. The Morgan fingerprint density at radius 3 is 2.75 bits per heavy atom. The molecule has 5 heterocycles. The number of carbonyl (C=O) groups excluding carboxylic acids is 1. The number of thiophene rings is 2. The molecule has 1 aliphatic heterocycles. The molecule has 0 saturated carbocycles. The Kier molecular flexibility index (Phi) is 5.55. The molecular weight excluding hydrogens is 517 g/mol. The van der Waals surface area contributed by atoms with Crippen molar-refractivity contribution in [3.05, 3.63) is 70.8 Å². The molecule has 0 spiro atoms. The Morgan fingerprint density at radius 2 is 1.89 bits per heavy atom. The monoisotopic (exact) mass is 534 g/mol. The van der Waals surface area contributed by atoms with Gasteiger partial charge in [0.25, 0.3) is 10.0 Å². The Balaban J connectivity index is 1.56. The van der Waals surface area contributed by atoms with Gasteiger partial charge < -0.3 is 4.74 Å². The van der Waals surface area contributed by atoms with Crippen LogP contribution in [0.25, 0.3) is 31.9 Å². The molecule has 0 radical (unpaired) electrons. The third kappa shape index (κ3) is 4.04. The van der Waals surface area contributed by atoms with Gasteiger partial charge in [-0.25, -0.2) is 23.4 Å². The molecule has 0 unspecified atom stereocenters. The number of methoxy groups -OCH3 is 1. The summed E-state index contributed by atoms with van der Waals surface area (Å²) in [7, 11) is -2.59. The first kappa shape index (κ1) is 22.8. The smallest absolute Gasteiger partial charge is 0.262 e. The first-order chi connectivity index (χ1) is 17.4. The summed E-state index contributed by atoms with van der Waals surface area (Å²) in [5, 5.41) is 2.04. The SMILES string of the molecule is COc1ncc2cc1NS(=O)(=O)c1cccc(c1)C(=O)CCc1cc(cs1)-c1ncnc3cc-2sc13. The quantitative estimate of drug-likeness (QED) is 0.306. The summed E-state index contributed by atoms with van der Waals surface area (Å²) in [5.41, 5.74) is 3.83. The van der Waals surface area contributed by atoms with Crippen LogP contribution in [0.3, 0.4) is 0 Å². The number of Topliss-reactive ketones (excluding diaryl/α,β-unsaturated/α-hetero) is 1. The number of hydrogen-bond donors (Lipinski definition) is 1. The molecule has 1 N–H and O–H groups in total. The van der Waals surface area contributed by atoms with E-state index < -0.39 is 10.0 Å². The van der Waals surface area contributed by atoms with Crippen molar-refractivity contribution in [2.24, 2.45) is 0 Å². The zero-order valence-corrected chi connectivity index (χ0v) is 21.3. The Hall–Kier alpha value is -3.67. The van der Waals surface area contributed by atoms with Crippen molar-refractivity contribution in [1.29, 1.82) is 0 Å². The minimum Gasteiger partial charge on any atom is -0.480 e. The van der Waals surface area contributed by atoms with Crippen molar-refractivity contribution in [3.8, 4) is 27.6 Å². The number of rotatable bonds is 1. The molecule has 0 atom stereocenters. The maximum atomic E-state index is 13.3. The summed E-state index contributed by atoms with van der Waals surface area (Å²) in [4.78, 5) is 28.1. The number of aromatic nitrogens is 3. The number of aryl methyl sites for hydroxylation is 1. The van der Waals surface area contributed by atoms with Gasteiger partial charge in [0.1, 0.15) is 12.0 Å². The second-order valence-corrected chi connectivity index (χ2v) is 11.9. The number of hydrogen-bond acceptors (Lipinski definition) is 9. The normalized spacial score (nSPS) is 14.8. The predicted octanol–water partition coefficient (Wildman–Crippen LogP) is 5.42. The van der Waals surface area contributed by atoms with Crippen LogP contribution in [-0.4, -0.2) is 36.3 Å². The number of ketones is 1. The summed E-state index contributed by atoms with van der Waals surface area (Å²) in [6.45, 7) is 0. The number of benzene rings is 1. The average molecular weight is 535 g/mol. The van der Waals surface area contributed by atoms with Gasteiger partial charge in [0.15, 0.2) is 5.78 Å². The highest BCUT2D eigenvalue weighted by Crippen LogP contribution is 2.40. The summed E-state index contributed by atoms with van der Waals surface area (Å²) < 4.78 is 35.4. The molecule has 8 bridgehead atoms. The lowest BCUT2D eigenvalue weighted by Gasteiger charge is -2.13. The van der Waals surface area contributed by atoms with Crippen molar-refractivity contribution >= 4 is 54.4 Å². The minimum atomic E-state index is -4.02. The second-order valence-electron chi connectivity index (χ2n) is 8.19. The number of sulfonamides is 1. The zero-order valence-electron chi connectivity index (χ0n) is 18.9. The van der Waals surface area contributed by atoms with Crippen LogP contribution in [0, 0.1) is 0 Å². The fourth-order valence-corrected chi connectivity index (χ4v) is 7.15. The van der Waals surface area contributed by atoms with Crippen molar-refractivity contribution in [1.82, 2.24) is 15.0 Å². The third-order valence-electron chi connectivity index (χ3n) is 5.88. The highest BCUT2D eigenvalue weighted by molar-refractivity contribution is 7.92. The standard InChI is InChI=1S/C25H18N4O4S3/c1-33-25-20-9-15(11-26-25)22-10-19-24(35-22)23(28-13-27-19)16-7-17(34-12-16)5-6-21(30)14-3-2-4-18(8-14)36(31,32)29-20/h2-4,7-13,29H,5-6H2,1H3. The fourth-order valence-electron chi connectivity index (χ4n) is 4.08. The van der Waals surface area contributed by atoms with E-state index in [0.29, 0.717) is 17.5 Å². The summed E-state index contributed by atoms with van der Waals surface area (Å²) >= 11 is 3.08. The van der Waals surface area contributed by atoms with Gasteiger partial charge in [0.05, 0.1) is 27.9 Å². The first-order valence-electron chi connectivity index (χ1n) is 10.9. The van der Waals surface area contributed by atoms with E-state index in [4.69, 9.17) is 4.74 Å². The molecule has 0 amide bonds. The van der Waals surface area contributed by atoms with Gasteiger partial charge in [-0.1, -0.05) is 12.1 Å². The van der Waals surface area contributed by atoms with Gasteiger partial charge in [0.2, 0.25) is 5.88 Å². The molecule has 0 fully saturated rings.